The number of anilines is 2. The first-order valence-electron chi connectivity index (χ1n) is 10.5. The fraction of sp³-hybridized carbons (Fsp3) is 0.429. The SMILES string of the molecule is C[C@H](N)C(=O)OCOC(=O)N(c1c(Cl)cc(OC(F)F)cc1Cl)c1nc(Cl)cn([C@@H](C)C2CC2)c1=O. The van der Waals surface area contributed by atoms with Crippen molar-refractivity contribution in [1.29, 1.82) is 0 Å². The summed E-state index contributed by atoms with van der Waals surface area (Å²) in [6.45, 7) is -0.871. The minimum atomic E-state index is -3.17. The lowest BCUT2D eigenvalue weighted by molar-refractivity contribution is -0.152. The molecule has 196 valence electrons. The molecule has 36 heavy (non-hydrogen) atoms. The Kier molecular flexibility index (Phi) is 8.98. The lowest BCUT2D eigenvalue weighted by Gasteiger charge is -2.25. The third-order valence-electron chi connectivity index (χ3n) is 5.22. The van der Waals surface area contributed by atoms with Crippen molar-refractivity contribution < 1.29 is 32.6 Å². The molecule has 10 nitrogen and oxygen atoms in total. The number of rotatable bonds is 9. The van der Waals surface area contributed by atoms with E-state index in [0.717, 1.165) is 25.0 Å². The van der Waals surface area contributed by atoms with Gasteiger partial charge in [0.05, 0.1) is 15.7 Å². The van der Waals surface area contributed by atoms with Crippen LogP contribution in [-0.4, -0.2) is 41.1 Å². The Morgan fingerprint density at radius 3 is 2.33 bits per heavy atom. The number of amides is 1. The van der Waals surface area contributed by atoms with Gasteiger partial charge in [-0.15, -0.1) is 0 Å². The number of nitrogens with zero attached hydrogens (tertiary/aromatic N) is 3. The van der Waals surface area contributed by atoms with E-state index in [9.17, 15) is 23.2 Å². The summed E-state index contributed by atoms with van der Waals surface area (Å²) < 4.78 is 40.7. The van der Waals surface area contributed by atoms with E-state index in [1.165, 1.54) is 17.7 Å². The molecule has 1 amide bonds. The van der Waals surface area contributed by atoms with Gasteiger partial charge in [-0.25, -0.2) is 14.7 Å². The number of nitrogens with two attached hydrogens (primary N) is 1. The van der Waals surface area contributed by atoms with Crippen LogP contribution in [0.15, 0.2) is 23.1 Å². The van der Waals surface area contributed by atoms with E-state index in [0.29, 0.717) is 4.90 Å². The molecule has 2 atom stereocenters. The standard InChI is InChI=1S/C21H21Cl3F2N4O6/c1-9(27)19(32)34-8-35-21(33)30(16-13(22)5-12(6-14(16)23)36-20(25)26)17-18(31)29(7-15(24)28-17)10(2)11-3-4-11/h5-7,9-11,20H,3-4,8,27H2,1-2H3/t9-,10-/m0/s1. The number of hydrogen-bond donors (Lipinski definition) is 1. The van der Waals surface area contributed by atoms with E-state index >= 15 is 0 Å². The Hall–Kier alpha value is -2.67. The van der Waals surface area contributed by atoms with Crippen LogP contribution in [0, 0.1) is 5.92 Å². The number of carbonyl (C=O) groups excluding carboxylic acids is 2. The maximum Gasteiger partial charge on any atom is 0.423 e. The summed E-state index contributed by atoms with van der Waals surface area (Å²) in [6.07, 6.45) is 1.86. The van der Waals surface area contributed by atoms with Gasteiger partial charge in [-0.05, 0) is 32.6 Å². The number of benzene rings is 1. The molecule has 1 heterocycles. The molecule has 0 unspecified atom stereocenters. The molecular formula is C21H21Cl3F2N4O6. The summed E-state index contributed by atoms with van der Waals surface area (Å²) in [6, 6.07) is 0.661. The summed E-state index contributed by atoms with van der Waals surface area (Å²) in [4.78, 5) is 42.7. The zero-order valence-electron chi connectivity index (χ0n) is 18.9. The van der Waals surface area contributed by atoms with E-state index in [1.54, 1.807) is 0 Å². The summed E-state index contributed by atoms with van der Waals surface area (Å²) in [5, 5.41) is -0.848. The van der Waals surface area contributed by atoms with Crippen molar-refractivity contribution in [2.45, 2.75) is 45.4 Å². The van der Waals surface area contributed by atoms with E-state index in [4.69, 9.17) is 50.0 Å². The van der Waals surface area contributed by atoms with Gasteiger partial charge in [-0.2, -0.15) is 8.78 Å². The normalized spacial score (nSPS) is 14.8. The van der Waals surface area contributed by atoms with Crippen LogP contribution in [0.1, 0.15) is 32.7 Å². The van der Waals surface area contributed by atoms with Crippen molar-refractivity contribution in [2.24, 2.45) is 11.7 Å². The predicted molar refractivity (Wildman–Crippen MR) is 127 cm³/mol. The Bertz CT molecular complexity index is 1190. The molecule has 0 spiro atoms. The quantitative estimate of drug-likeness (QED) is 0.334. The second-order valence-corrected chi connectivity index (χ2v) is 9.11. The lowest BCUT2D eigenvalue weighted by Crippen LogP contribution is -2.37. The molecular weight excluding hydrogens is 549 g/mol. The average molecular weight is 570 g/mol. The van der Waals surface area contributed by atoms with Crippen LogP contribution < -0.4 is 20.9 Å². The number of carbonyl (C=O) groups is 2. The molecule has 1 aromatic carbocycles. The van der Waals surface area contributed by atoms with Gasteiger partial charge >= 0.3 is 18.7 Å². The molecule has 0 saturated heterocycles. The van der Waals surface area contributed by atoms with Gasteiger partial charge in [0, 0.05) is 24.4 Å². The monoisotopic (exact) mass is 568 g/mol. The topological polar surface area (TPSA) is 126 Å². The zero-order valence-corrected chi connectivity index (χ0v) is 21.2. The first kappa shape index (κ1) is 27.9. The number of aromatic nitrogens is 2. The van der Waals surface area contributed by atoms with Crippen molar-refractivity contribution in [3.63, 3.8) is 0 Å². The van der Waals surface area contributed by atoms with Crippen LogP contribution in [0.3, 0.4) is 0 Å². The average Bonchev–Trinajstić information content (AvgIpc) is 3.62. The van der Waals surface area contributed by atoms with Crippen LogP contribution in [-0.2, 0) is 14.3 Å². The van der Waals surface area contributed by atoms with Crippen LogP contribution in [0.4, 0.5) is 25.1 Å². The summed E-state index contributed by atoms with van der Waals surface area (Å²) in [5.41, 5.74) is 4.33. The van der Waals surface area contributed by atoms with Crippen LogP contribution >= 0.6 is 34.8 Å². The largest absolute Gasteiger partial charge is 0.435 e. The van der Waals surface area contributed by atoms with Crippen LogP contribution in [0.25, 0.3) is 0 Å². The molecule has 0 aliphatic heterocycles. The number of alkyl halides is 2. The third kappa shape index (κ3) is 6.55. The maximum atomic E-state index is 13.4. The highest BCUT2D eigenvalue weighted by atomic mass is 35.5. The fourth-order valence-corrected chi connectivity index (χ4v) is 4.09. The van der Waals surface area contributed by atoms with Gasteiger partial charge in [-0.1, -0.05) is 34.8 Å². The second kappa shape index (κ2) is 11.6. The molecule has 1 aromatic heterocycles. The van der Waals surface area contributed by atoms with E-state index in [2.05, 4.69) is 9.72 Å². The molecule has 1 fully saturated rings. The van der Waals surface area contributed by atoms with Gasteiger partial charge in [-0.3, -0.25) is 9.59 Å². The number of halogens is 5. The van der Waals surface area contributed by atoms with Gasteiger partial charge in [0.2, 0.25) is 12.6 Å². The van der Waals surface area contributed by atoms with Gasteiger partial charge < -0.3 is 24.5 Å². The maximum absolute atomic E-state index is 13.4. The van der Waals surface area contributed by atoms with E-state index in [-0.39, 0.29) is 32.8 Å². The van der Waals surface area contributed by atoms with Gasteiger partial charge in [0.25, 0.3) is 5.56 Å². The summed E-state index contributed by atoms with van der Waals surface area (Å²) in [5.74, 6) is -1.57. The summed E-state index contributed by atoms with van der Waals surface area (Å²) in [7, 11) is 0. The molecule has 15 heteroatoms. The minimum Gasteiger partial charge on any atom is -0.435 e. The van der Waals surface area contributed by atoms with E-state index < -0.39 is 48.6 Å². The predicted octanol–water partition coefficient (Wildman–Crippen LogP) is 4.90. The first-order chi connectivity index (χ1) is 16.9. The van der Waals surface area contributed by atoms with Crippen molar-refractivity contribution in [2.75, 3.05) is 11.7 Å². The number of ether oxygens (including phenoxy) is 3. The molecule has 2 aromatic rings. The highest BCUT2D eigenvalue weighted by molar-refractivity contribution is 6.40. The van der Waals surface area contributed by atoms with Crippen molar-refractivity contribution in [1.82, 2.24) is 9.55 Å². The second-order valence-electron chi connectivity index (χ2n) is 7.91. The van der Waals surface area contributed by atoms with Gasteiger partial charge in [0.15, 0.2) is 0 Å². The Balaban J connectivity index is 2.09. The summed E-state index contributed by atoms with van der Waals surface area (Å²) >= 11 is 18.7. The van der Waals surface area contributed by atoms with Crippen molar-refractivity contribution >= 4 is 58.4 Å². The third-order valence-corrected chi connectivity index (χ3v) is 5.97. The Labute approximate surface area is 218 Å². The number of hydrogen-bond acceptors (Lipinski definition) is 8. The highest BCUT2D eigenvalue weighted by Gasteiger charge is 2.34. The molecule has 1 aliphatic rings. The zero-order chi connectivity index (χ0) is 26.7. The fourth-order valence-electron chi connectivity index (χ4n) is 3.27. The van der Waals surface area contributed by atoms with E-state index in [1.807, 2.05) is 6.92 Å². The van der Waals surface area contributed by atoms with Crippen LogP contribution in [0.5, 0.6) is 5.75 Å². The Morgan fingerprint density at radius 1 is 1.19 bits per heavy atom. The van der Waals surface area contributed by atoms with Crippen molar-refractivity contribution in [3.05, 3.63) is 43.9 Å². The van der Waals surface area contributed by atoms with Gasteiger partial charge in [0.1, 0.15) is 16.9 Å². The highest BCUT2D eigenvalue weighted by Crippen LogP contribution is 2.42. The van der Waals surface area contributed by atoms with Crippen LogP contribution in [0.2, 0.25) is 15.2 Å². The first-order valence-corrected chi connectivity index (χ1v) is 11.7. The molecule has 2 N–H and O–H groups in total. The molecule has 3 rings (SSSR count). The lowest BCUT2D eigenvalue weighted by atomic mass is 10.2. The molecule has 0 radical (unpaired) electrons. The number of esters is 1. The minimum absolute atomic E-state index is 0.136. The molecule has 0 bridgehead atoms. The van der Waals surface area contributed by atoms with Crippen molar-refractivity contribution in [3.8, 4) is 5.75 Å². The smallest absolute Gasteiger partial charge is 0.423 e. The molecule has 1 aliphatic carbocycles. The Morgan fingerprint density at radius 2 is 1.81 bits per heavy atom. The molecule has 1 saturated carbocycles.